The largest absolute Gasteiger partial charge is 0.415 e. The van der Waals surface area contributed by atoms with Crippen LogP contribution in [-0.4, -0.2) is 48.4 Å². The first kappa shape index (κ1) is 22.9. The summed E-state index contributed by atoms with van der Waals surface area (Å²) in [5.41, 5.74) is 3.94. The Bertz CT molecular complexity index is 1230. The van der Waals surface area contributed by atoms with Crippen molar-refractivity contribution in [3.63, 3.8) is 0 Å². The number of rotatable bonds is 9. The van der Waals surface area contributed by atoms with Gasteiger partial charge in [-0.3, -0.25) is 9.19 Å². The summed E-state index contributed by atoms with van der Waals surface area (Å²) in [5.74, 6) is 0.700. The average molecular weight is 464 g/mol. The molecule has 2 heterocycles. The first-order valence-electron chi connectivity index (χ1n) is 10.6. The Labute approximate surface area is 194 Å². The topological polar surface area (TPSA) is 114 Å². The molecule has 2 aromatic carbocycles. The molecule has 2 N–H and O–H groups in total. The Morgan fingerprint density at radius 3 is 2.33 bits per heavy atom. The van der Waals surface area contributed by atoms with Crippen LogP contribution in [0.15, 0.2) is 70.2 Å². The molecule has 0 aliphatic carbocycles. The molecule has 0 radical (unpaired) electrons. The van der Waals surface area contributed by atoms with Crippen LogP contribution in [0.3, 0.4) is 0 Å². The molecule has 0 saturated heterocycles. The van der Waals surface area contributed by atoms with Crippen LogP contribution in [-0.2, 0) is 17.3 Å². The number of aliphatic hydroxyl groups excluding tert-OH is 1. The molecule has 9 heteroatoms. The van der Waals surface area contributed by atoms with E-state index in [0.29, 0.717) is 28.6 Å². The van der Waals surface area contributed by atoms with Gasteiger partial charge in [-0.25, -0.2) is 4.98 Å². The van der Waals surface area contributed by atoms with Crippen LogP contribution in [0.5, 0.6) is 0 Å². The van der Waals surface area contributed by atoms with Gasteiger partial charge in [-0.2, -0.15) is 0 Å². The number of nitrogens with zero attached hydrogens (tertiary/aromatic N) is 4. The van der Waals surface area contributed by atoms with Crippen LogP contribution in [0.4, 0.5) is 0 Å². The van der Waals surface area contributed by atoms with E-state index in [9.17, 15) is 4.21 Å². The van der Waals surface area contributed by atoms with Gasteiger partial charge in [-0.05, 0) is 43.3 Å². The zero-order chi connectivity index (χ0) is 23.2. The highest BCUT2D eigenvalue weighted by atomic mass is 32.2. The second-order valence-electron chi connectivity index (χ2n) is 7.57. The molecular weight excluding hydrogens is 438 g/mol. The minimum absolute atomic E-state index is 0.0202. The van der Waals surface area contributed by atoms with Crippen LogP contribution in [0.25, 0.3) is 34.3 Å². The zero-order valence-corrected chi connectivity index (χ0v) is 19.2. The van der Waals surface area contributed by atoms with E-state index in [2.05, 4.69) is 25.5 Å². The summed E-state index contributed by atoms with van der Waals surface area (Å²) in [6.45, 7) is 2.67. The molecule has 0 spiro atoms. The van der Waals surface area contributed by atoms with E-state index in [1.54, 1.807) is 12.4 Å². The lowest BCUT2D eigenvalue weighted by Crippen LogP contribution is -2.12. The lowest BCUT2D eigenvalue weighted by atomic mass is 10.1. The van der Waals surface area contributed by atoms with Gasteiger partial charge in [0, 0.05) is 34.4 Å². The van der Waals surface area contributed by atoms with E-state index in [0.717, 1.165) is 23.2 Å². The van der Waals surface area contributed by atoms with Gasteiger partial charge in [0.1, 0.15) is 5.69 Å². The number of aromatic nitrogens is 4. The Morgan fingerprint density at radius 1 is 0.970 bits per heavy atom. The van der Waals surface area contributed by atoms with Crippen LogP contribution >= 0.6 is 0 Å². The molecule has 8 nitrogen and oxygen atoms in total. The highest BCUT2D eigenvalue weighted by Gasteiger charge is 2.15. The molecule has 0 amide bonds. The van der Waals surface area contributed by atoms with E-state index in [1.165, 1.54) is 0 Å². The molecule has 2 unspecified atom stereocenters. The Morgan fingerprint density at radius 2 is 1.64 bits per heavy atom. The smallest absolute Gasteiger partial charge is 0.268 e. The third-order valence-corrected chi connectivity index (χ3v) is 6.85. The molecule has 2 aromatic heterocycles. The van der Waals surface area contributed by atoms with Gasteiger partial charge < -0.3 is 14.8 Å². The Kier molecular flexibility index (Phi) is 7.33. The molecule has 0 fully saturated rings. The van der Waals surface area contributed by atoms with Crippen LogP contribution in [0.1, 0.15) is 18.9 Å². The van der Waals surface area contributed by atoms with E-state index >= 15 is 0 Å². The van der Waals surface area contributed by atoms with Crippen molar-refractivity contribution >= 4 is 10.8 Å². The maximum atomic E-state index is 12.5. The molecule has 0 aliphatic rings. The lowest BCUT2D eigenvalue weighted by Gasteiger charge is -2.10. The van der Waals surface area contributed by atoms with Gasteiger partial charge in [0.25, 0.3) is 5.89 Å². The monoisotopic (exact) mass is 463 g/mol. The summed E-state index contributed by atoms with van der Waals surface area (Å²) in [6, 6.07) is 15.3. The third-order valence-electron chi connectivity index (χ3n) is 5.14. The van der Waals surface area contributed by atoms with Gasteiger partial charge in [0.05, 0.1) is 28.9 Å². The highest BCUT2D eigenvalue weighted by Crippen LogP contribution is 2.25. The third kappa shape index (κ3) is 5.39. The fourth-order valence-corrected chi connectivity index (χ4v) is 4.49. The quantitative estimate of drug-likeness (QED) is 0.388. The maximum Gasteiger partial charge on any atom is 0.268 e. The van der Waals surface area contributed by atoms with Crippen molar-refractivity contribution in [3.8, 4) is 34.3 Å². The predicted octanol–water partition coefficient (Wildman–Crippen LogP) is 3.46. The number of hydrogen-bond acceptors (Lipinski definition) is 8. The molecular formula is C24H25N5O3S. The van der Waals surface area contributed by atoms with Crippen LogP contribution in [0, 0.1) is 0 Å². The molecule has 4 aromatic rings. The van der Waals surface area contributed by atoms with Crippen molar-refractivity contribution in [2.75, 3.05) is 13.7 Å². The van der Waals surface area contributed by atoms with E-state index in [-0.39, 0.29) is 17.7 Å². The molecule has 2 atom stereocenters. The summed E-state index contributed by atoms with van der Waals surface area (Å²) in [7, 11) is 0.727. The minimum atomic E-state index is -1.18. The van der Waals surface area contributed by atoms with Crippen molar-refractivity contribution in [2.24, 2.45) is 0 Å². The average Bonchev–Trinajstić information content (AvgIpc) is 3.35. The first-order valence-corrected chi connectivity index (χ1v) is 11.8. The van der Waals surface area contributed by atoms with Crippen LogP contribution < -0.4 is 5.32 Å². The summed E-state index contributed by atoms with van der Waals surface area (Å²) in [4.78, 5) is 9.61. The number of benzene rings is 2. The Balaban J connectivity index is 1.53. The minimum Gasteiger partial charge on any atom is -0.415 e. The van der Waals surface area contributed by atoms with Gasteiger partial charge in [0.15, 0.2) is 0 Å². The van der Waals surface area contributed by atoms with Crippen LogP contribution in [0.2, 0.25) is 0 Å². The van der Waals surface area contributed by atoms with Crippen molar-refractivity contribution in [1.29, 1.82) is 0 Å². The molecule has 4 rings (SSSR count). The van der Waals surface area contributed by atoms with Crippen molar-refractivity contribution in [1.82, 2.24) is 25.5 Å². The van der Waals surface area contributed by atoms with E-state index in [1.807, 2.05) is 62.5 Å². The maximum absolute atomic E-state index is 12.5. The predicted molar refractivity (Wildman–Crippen MR) is 127 cm³/mol. The lowest BCUT2D eigenvalue weighted by molar-refractivity contribution is 0.288. The summed E-state index contributed by atoms with van der Waals surface area (Å²) in [6.07, 6.45) is 3.73. The van der Waals surface area contributed by atoms with Gasteiger partial charge >= 0.3 is 0 Å². The first-order chi connectivity index (χ1) is 16.1. The Hall–Kier alpha value is -3.27. The number of aliphatic hydroxyl groups is 1. The van der Waals surface area contributed by atoms with Crippen molar-refractivity contribution in [2.45, 2.75) is 30.0 Å². The zero-order valence-electron chi connectivity index (χ0n) is 18.4. The highest BCUT2D eigenvalue weighted by molar-refractivity contribution is 7.85. The normalized spacial score (nSPS) is 13.1. The molecule has 0 saturated carbocycles. The molecule has 170 valence electrons. The van der Waals surface area contributed by atoms with Gasteiger partial charge in [-0.15, -0.1) is 10.2 Å². The van der Waals surface area contributed by atoms with Crippen molar-refractivity contribution in [3.05, 3.63) is 66.5 Å². The number of nitrogens with one attached hydrogen (secondary N) is 1. The fraction of sp³-hybridized carbons (Fsp3) is 0.250. The van der Waals surface area contributed by atoms with Crippen molar-refractivity contribution < 1.29 is 13.7 Å². The second-order valence-corrected chi connectivity index (χ2v) is 9.44. The van der Waals surface area contributed by atoms with E-state index < -0.39 is 10.8 Å². The second kappa shape index (κ2) is 10.6. The number of hydrogen-bond donors (Lipinski definition) is 2. The van der Waals surface area contributed by atoms with Gasteiger partial charge in [-0.1, -0.05) is 31.2 Å². The van der Waals surface area contributed by atoms with Gasteiger partial charge in [0.2, 0.25) is 5.89 Å². The van der Waals surface area contributed by atoms with E-state index in [4.69, 9.17) is 9.52 Å². The molecule has 0 bridgehead atoms. The standard InChI is InChI=1S/C24H25N5O3S/c1-16(11-12-30)33(31)20-9-7-18(8-10-20)21-14-26-15-22(27-21)24-29-28-23(32-24)19-5-3-17(4-6-19)13-25-2/h3-10,14-16,25,30H,11-13H2,1-2H3. The SMILES string of the molecule is CNCc1ccc(-c2nnc(-c3cncc(-c4ccc(S(=O)C(C)CCO)cc4)n3)o2)cc1. The molecule has 0 aliphatic heterocycles. The summed E-state index contributed by atoms with van der Waals surface area (Å²) < 4.78 is 18.4. The summed E-state index contributed by atoms with van der Waals surface area (Å²) in [5, 5.41) is 20.4. The molecule has 33 heavy (non-hydrogen) atoms. The fourth-order valence-electron chi connectivity index (χ4n) is 3.30. The summed E-state index contributed by atoms with van der Waals surface area (Å²) >= 11 is 0.